The van der Waals surface area contributed by atoms with E-state index in [1.807, 2.05) is 7.05 Å². The van der Waals surface area contributed by atoms with Crippen LogP contribution in [-0.4, -0.2) is 36.5 Å². The quantitative estimate of drug-likeness (QED) is 0.743. The molecule has 0 bridgehead atoms. The lowest BCUT2D eigenvalue weighted by molar-refractivity contribution is -0.134. The first-order chi connectivity index (χ1) is 8.22. The van der Waals surface area contributed by atoms with Crippen LogP contribution in [0.4, 0.5) is 0 Å². The first kappa shape index (κ1) is 12.6. The maximum absolute atomic E-state index is 12.5. The van der Waals surface area contributed by atoms with E-state index in [1.165, 1.54) is 12.8 Å². The van der Waals surface area contributed by atoms with Crippen molar-refractivity contribution in [3.8, 4) is 0 Å². The maximum atomic E-state index is 12.5. The van der Waals surface area contributed by atoms with E-state index in [0.717, 1.165) is 25.8 Å². The highest BCUT2D eigenvalue weighted by molar-refractivity contribution is 5.82. The molecule has 96 valence electrons. The van der Waals surface area contributed by atoms with Crippen molar-refractivity contribution in [3.63, 3.8) is 0 Å². The third kappa shape index (κ3) is 2.89. The van der Waals surface area contributed by atoms with E-state index in [4.69, 9.17) is 0 Å². The Bertz CT molecular complexity index is 301. The molecule has 1 heterocycles. The van der Waals surface area contributed by atoms with Gasteiger partial charge in [-0.3, -0.25) is 4.79 Å². The fourth-order valence-electron chi connectivity index (χ4n) is 2.92. The minimum Gasteiger partial charge on any atom is -0.335 e. The minimum absolute atomic E-state index is 0.0165. The first-order valence-corrected chi connectivity index (χ1v) is 6.86. The highest BCUT2D eigenvalue weighted by atomic mass is 16.2. The van der Waals surface area contributed by atoms with Crippen molar-refractivity contribution < 1.29 is 4.79 Å². The van der Waals surface area contributed by atoms with Crippen LogP contribution in [0.15, 0.2) is 12.2 Å². The lowest BCUT2D eigenvalue weighted by Gasteiger charge is -2.32. The van der Waals surface area contributed by atoms with Gasteiger partial charge in [-0.1, -0.05) is 19.1 Å². The molecule has 3 nitrogen and oxygen atoms in total. The Balaban J connectivity index is 2.11. The summed E-state index contributed by atoms with van der Waals surface area (Å²) in [4.78, 5) is 14.5. The molecule has 2 rings (SSSR count). The zero-order chi connectivity index (χ0) is 12.3. The summed E-state index contributed by atoms with van der Waals surface area (Å²) in [6, 6.07) is 0.361. The van der Waals surface area contributed by atoms with E-state index >= 15 is 0 Å². The lowest BCUT2D eigenvalue weighted by Crippen LogP contribution is -2.48. The topological polar surface area (TPSA) is 32.3 Å². The van der Waals surface area contributed by atoms with Crippen LogP contribution in [0.2, 0.25) is 0 Å². The number of carbonyl (C=O) groups excluding carboxylic acids is 1. The number of rotatable bonds is 2. The average Bonchev–Trinajstić information content (AvgIpc) is 2.50. The van der Waals surface area contributed by atoms with Crippen molar-refractivity contribution >= 4 is 5.91 Å². The molecule has 1 saturated heterocycles. The molecule has 0 spiro atoms. The molecule has 1 N–H and O–H groups in total. The molecule has 0 aromatic carbocycles. The maximum Gasteiger partial charge on any atom is 0.240 e. The zero-order valence-corrected chi connectivity index (χ0v) is 11.0. The summed E-state index contributed by atoms with van der Waals surface area (Å²) < 4.78 is 0. The molecular formula is C14H24N2O. The number of hydrogen-bond donors (Lipinski definition) is 1. The number of allylic oxidation sites excluding steroid dienone is 1. The number of carbonyl (C=O) groups is 1. The van der Waals surface area contributed by atoms with Gasteiger partial charge in [-0.15, -0.1) is 0 Å². The molecule has 3 heteroatoms. The van der Waals surface area contributed by atoms with E-state index in [0.29, 0.717) is 17.9 Å². The molecule has 3 unspecified atom stereocenters. The fraction of sp³-hybridized carbons (Fsp3) is 0.786. The minimum atomic E-state index is 0.0165. The second-order valence-corrected chi connectivity index (χ2v) is 5.43. The summed E-state index contributed by atoms with van der Waals surface area (Å²) in [6.45, 7) is 3.17. The van der Waals surface area contributed by atoms with E-state index in [9.17, 15) is 4.79 Å². The van der Waals surface area contributed by atoms with Crippen molar-refractivity contribution in [2.75, 3.05) is 13.6 Å². The summed E-state index contributed by atoms with van der Waals surface area (Å²) in [5.41, 5.74) is 0. The summed E-state index contributed by atoms with van der Waals surface area (Å²) in [5, 5.41) is 3.18. The van der Waals surface area contributed by atoms with Crippen LogP contribution in [0.1, 0.15) is 39.0 Å². The number of likely N-dealkylation sites (N-methyl/N-ethyl adjacent to an activating group) is 1. The van der Waals surface area contributed by atoms with Gasteiger partial charge >= 0.3 is 0 Å². The summed E-state index contributed by atoms with van der Waals surface area (Å²) in [5.74, 6) is 0.933. The molecule has 17 heavy (non-hydrogen) atoms. The molecule has 1 amide bonds. The first-order valence-electron chi connectivity index (χ1n) is 6.86. The summed E-state index contributed by atoms with van der Waals surface area (Å²) >= 11 is 0. The second-order valence-electron chi connectivity index (χ2n) is 5.43. The zero-order valence-electron chi connectivity index (χ0n) is 11.0. The van der Waals surface area contributed by atoms with Gasteiger partial charge in [0.15, 0.2) is 0 Å². The van der Waals surface area contributed by atoms with Crippen molar-refractivity contribution in [3.05, 3.63) is 12.2 Å². The Morgan fingerprint density at radius 2 is 2.24 bits per heavy atom. The van der Waals surface area contributed by atoms with Crippen LogP contribution in [0, 0.1) is 5.92 Å². The highest BCUT2D eigenvalue weighted by Gasteiger charge is 2.32. The van der Waals surface area contributed by atoms with Gasteiger partial charge in [0.05, 0.1) is 12.1 Å². The second kappa shape index (κ2) is 5.67. The van der Waals surface area contributed by atoms with Gasteiger partial charge in [0.1, 0.15) is 0 Å². The predicted octanol–water partition coefficient (Wildman–Crippen LogP) is 1.94. The Hall–Kier alpha value is -0.830. The Morgan fingerprint density at radius 1 is 1.41 bits per heavy atom. The van der Waals surface area contributed by atoms with Gasteiger partial charge in [0.25, 0.3) is 0 Å². The SMILES string of the molecule is CNC1CC(C)CCN(C2C=CCCC2)C1=O. The molecule has 0 saturated carbocycles. The fourth-order valence-corrected chi connectivity index (χ4v) is 2.92. The van der Waals surface area contributed by atoms with E-state index in [1.54, 1.807) is 0 Å². The van der Waals surface area contributed by atoms with Crippen LogP contribution in [0.25, 0.3) is 0 Å². The highest BCUT2D eigenvalue weighted by Crippen LogP contribution is 2.24. The molecular weight excluding hydrogens is 212 g/mol. The average molecular weight is 236 g/mol. The number of likely N-dealkylation sites (tertiary alicyclic amines) is 1. The number of nitrogens with one attached hydrogen (secondary N) is 1. The van der Waals surface area contributed by atoms with Gasteiger partial charge in [-0.25, -0.2) is 0 Å². The number of amides is 1. The molecule has 0 radical (unpaired) electrons. The van der Waals surface area contributed by atoms with Crippen molar-refractivity contribution in [1.29, 1.82) is 0 Å². The molecule has 0 aromatic heterocycles. The van der Waals surface area contributed by atoms with Crippen LogP contribution < -0.4 is 5.32 Å². The summed E-state index contributed by atoms with van der Waals surface area (Å²) in [7, 11) is 1.90. The van der Waals surface area contributed by atoms with Gasteiger partial charge in [-0.05, 0) is 45.1 Å². The largest absolute Gasteiger partial charge is 0.335 e. The third-order valence-corrected chi connectivity index (χ3v) is 4.06. The molecule has 1 aliphatic heterocycles. The monoisotopic (exact) mass is 236 g/mol. The Kier molecular flexibility index (Phi) is 4.21. The van der Waals surface area contributed by atoms with Gasteiger partial charge < -0.3 is 10.2 Å². The van der Waals surface area contributed by atoms with Crippen LogP contribution >= 0.6 is 0 Å². The van der Waals surface area contributed by atoms with Crippen LogP contribution in [-0.2, 0) is 4.79 Å². The Morgan fingerprint density at radius 3 is 2.88 bits per heavy atom. The normalized spacial score (nSPS) is 34.8. The molecule has 0 aromatic rings. The molecule has 1 aliphatic carbocycles. The lowest BCUT2D eigenvalue weighted by atomic mass is 10.0. The van der Waals surface area contributed by atoms with Gasteiger partial charge in [0.2, 0.25) is 5.91 Å². The van der Waals surface area contributed by atoms with Crippen LogP contribution in [0.5, 0.6) is 0 Å². The summed E-state index contributed by atoms with van der Waals surface area (Å²) in [6.07, 6.45) is 10.1. The van der Waals surface area contributed by atoms with Crippen molar-refractivity contribution in [2.45, 2.75) is 51.1 Å². The predicted molar refractivity (Wildman–Crippen MR) is 69.7 cm³/mol. The standard InChI is InChI=1S/C14H24N2O/c1-11-8-9-16(12-6-4-3-5-7-12)14(17)13(10-11)15-2/h4,6,11-13,15H,3,5,7-10H2,1-2H3. The number of hydrogen-bond acceptors (Lipinski definition) is 2. The molecule has 3 atom stereocenters. The van der Waals surface area contributed by atoms with E-state index in [-0.39, 0.29) is 6.04 Å². The van der Waals surface area contributed by atoms with E-state index in [2.05, 4.69) is 29.3 Å². The third-order valence-electron chi connectivity index (χ3n) is 4.06. The van der Waals surface area contributed by atoms with Gasteiger partial charge in [-0.2, -0.15) is 0 Å². The van der Waals surface area contributed by atoms with Gasteiger partial charge in [0, 0.05) is 6.54 Å². The van der Waals surface area contributed by atoms with Crippen molar-refractivity contribution in [2.24, 2.45) is 5.92 Å². The smallest absolute Gasteiger partial charge is 0.240 e. The van der Waals surface area contributed by atoms with E-state index < -0.39 is 0 Å². The Labute approximate surface area is 104 Å². The van der Waals surface area contributed by atoms with Crippen LogP contribution in [0.3, 0.4) is 0 Å². The number of nitrogens with zero attached hydrogens (tertiary/aromatic N) is 1. The van der Waals surface area contributed by atoms with Crippen molar-refractivity contribution in [1.82, 2.24) is 10.2 Å². The molecule has 2 aliphatic rings. The molecule has 1 fully saturated rings.